The molecule has 0 radical (unpaired) electrons. The van der Waals surface area contributed by atoms with Crippen molar-refractivity contribution in [3.63, 3.8) is 0 Å². The summed E-state index contributed by atoms with van der Waals surface area (Å²) in [6.45, 7) is 6.64. The molecule has 1 heterocycles. The fraction of sp³-hybridized carbons (Fsp3) is 0.600. The Morgan fingerprint density at radius 1 is 1.29 bits per heavy atom. The summed E-state index contributed by atoms with van der Waals surface area (Å²) in [7, 11) is 0. The van der Waals surface area contributed by atoms with Gasteiger partial charge in [-0.3, -0.25) is 0 Å². The van der Waals surface area contributed by atoms with E-state index >= 15 is 0 Å². The lowest BCUT2D eigenvalue weighted by Gasteiger charge is -2.25. The largest absolute Gasteiger partial charge is 0.313 e. The maximum atomic E-state index is 3.63. The van der Waals surface area contributed by atoms with Gasteiger partial charge in [-0.1, -0.05) is 36.2 Å². The zero-order valence-corrected chi connectivity index (χ0v) is 11.0. The summed E-state index contributed by atoms with van der Waals surface area (Å²) in [6.07, 6.45) is 4.02. The van der Waals surface area contributed by atoms with Gasteiger partial charge in [-0.25, -0.2) is 0 Å². The van der Waals surface area contributed by atoms with E-state index in [1.54, 1.807) is 0 Å². The van der Waals surface area contributed by atoms with Crippen molar-refractivity contribution < 1.29 is 0 Å². The van der Waals surface area contributed by atoms with Crippen LogP contribution in [0.25, 0.3) is 0 Å². The van der Waals surface area contributed by atoms with Gasteiger partial charge in [0.2, 0.25) is 0 Å². The molecule has 0 bridgehead atoms. The molecule has 0 spiro atoms. The molecular formula is C15H24N2. The van der Waals surface area contributed by atoms with Gasteiger partial charge in [-0.2, -0.15) is 0 Å². The third kappa shape index (κ3) is 3.83. The molecule has 1 fully saturated rings. The van der Waals surface area contributed by atoms with Gasteiger partial charge in [0, 0.05) is 18.6 Å². The smallest absolute Gasteiger partial charge is 0.0292 e. The zero-order valence-electron chi connectivity index (χ0n) is 11.0. The SMILES string of the molecule is Cc1ccc([C@@H](C)NCC2CCCCN2)cc1. The van der Waals surface area contributed by atoms with Crippen LogP contribution < -0.4 is 10.6 Å². The third-order valence-corrected chi connectivity index (χ3v) is 3.66. The van der Waals surface area contributed by atoms with Crippen molar-refractivity contribution in [3.8, 4) is 0 Å². The van der Waals surface area contributed by atoms with Crippen molar-refractivity contribution in [2.24, 2.45) is 0 Å². The van der Waals surface area contributed by atoms with Crippen LogP contribution in [-0.2, 0) is 0 Å². The lowest BCUT2D eigenvalue weighted by Crippen LogP contribution is -2.42. The Labute approximate surface area is 105 Å². The van der Waals surface area contributed by atoms with E-state index in [1.165, 1.54) is 36.9 Å². The Balaban J connectivity index is 1.80. The molecule has 1 saturated heterocycles. The minimum atomic E-state index is 0.444. The second-order valence-corrected chi connectivity index (χ2v) is 5.19. The number of nitrogens with one attached hydrogen (secondary N) is 2. The highest BCUT2D eigenvalue weighted by Gasteiger charge is 2.13. The Morgan fingerprint density at radius 3 is 2.71 bits per heavy atom. The number of rotatable bonds is 4. The molecule has 2 rings (SSSR count). The molecular weight excluding hydrogens is 208 g/mol. The first-order valence-corrected chi connectivity index (χ1v) is 6.79. The van der Waals surface area contributed by atoms with E-state index in [0.717, 1.165) is 6.54 Å². The van der Waals surface area contributed by atoms with Crippen LogP contribution in [0.5, 0.6) is 0 Å². The van der Waals surface area contributed by atoms with Gasteiger partial charge in [-0.15, -0.1) is 0 Å². The molecule has 0 amide bonds. The fourth-order valence-corrected chi connectivity index (χ4v) is 2.39. The predicted molar refractivity (Wildman–Crippen MR) is 73.2 cm³/mol. The highest BCUT2D eigenvalue weighted by molar-refractivity contribution is 5.23. The predicted octanol–water partition coefficient (Wildman–Crippen LogP) is 2.79. The highest BCUT2D eigenvalue weighted by Crippen LogP contribution is 2.14. The number of benzene rings is 1. The first-order chi connectivity index (χ1) is 8.25. The van der Waals surface area contributed by atoms with Gasteiger partial charge in [0.25, 0.3) is 0 Å². The second kappa shape index (κ2) is 6.18. The van der Waals surface area contributed by atoms with E-state index in [0.29, 0.717) is 12.1 Å². The fourth-order valence-electron chi connectivity index (χ4n) is 2.39. The van der Waals surface area contributed by atoms with Crippen LogP contribution in [0.15, 0.2) is 24.3 Å². The summed E-state index contributed by atoms with van der Waals surface area (Å²) in [5.41, 5.74) is 2.71. The van der Waals surface area contributed by atoms with Gasteiger partial charge in [0.1, 0.15) is 0 Å². The minimum Gasteiger partial charge on any atom is -0.313 e. The molecule has 17 heavy (non-hydrogen) atoms. The van der Waals surface area contributed by atoms with E-state index in [4.69, 9.17) is 0 Å². The molecule has 94 valence electrons. The monoisotopic (exact) mass is 232 g/mol. The summed E-state index contributed by atoms with van der Waals surface area (Å²) in [5, 5.41) is 7.20. The molecule has 2 heteroatoms. The normalized spacial score (nSPS) is 22.4. The van der Waals surface area contributed by atoms with Crippen molar-refractivity contribution in [2.75, 3.05) is 13.1 Å². The molecule has 2 atom stereocenters. The summed E-state index contributed by atoms with van der Waals surface area (Å²) in [6, 6.07) is 9.93. The number of hydrogen-bond donors (Lipinski definition) is 2. The first-order valence-electron chi connectivity index (χ1n) is 6.79. The van der Waals surface area contributed by atoms with Crippen LogP contribution >= 0.6 is 0 Å². The molecule has 1 aliphatic heterocycles. The van der Waals surface area contributed by atoms with E-state index in [1.807, 2.05) is 0 Å². The molecule has 1 aromatic carbocycles. The Morgan fingerprint density at radius 2 is 2.06 bits per heavy atom. The van der Waals surface area contributed by atoms with Gasteiger partial charge < -0.3 is 10.6 Å². The molecule has 2 N–H and O–H groups in total. The Bertz CT molecular complexity index is 325. The Hall–Kier alpha value is -0.860. The standard InChI is InChI=1S/C15H24N2/c1-12-6-8-14(9-7-12)13(2)17-11-15-5-3-4-10-16-15/h6-9,13,15-17H,3-5,10-11H2,1-2H3/t13-,15?/m1/s1. The molecule has 2 nitrogen and oxygen atoms in total. The van der Waals surface area contributed by atoms with Crippen LogP contribution in [0, 0.1) is 6.92 Å². The molecule has 1 aromatic rings. The van der Waals surface area contributed by atoms with Crippen molar-refractivity contribution in [3.05, 3.63) is 35.4 Å². The van der Waals surface area contributed by atoms with Gasteiger partial charge in [-0.05, 0) is 38.8 Å². The summed E-state index contributed by atoms with van der Waals surface area (Å²) >= 11 is 0. The third-order valence-electron chi connectivity index (χ3n) is 3.66. The maximum Gasteiger partial charge on any atom is 0.0292 e. The summed E-state index contributed by atoms with van der Waals surface area (Å²) in [4.78, 5) is 0. The summed E-state index contributed by atoms with van der Waals surface area (Å²) in [5.74, 6) is 0. The minimum absolute atomic E-state index is 0.444. The second-order valence-electron chi connectivity index (χ2n) is 5.19. The van der Waals surface area contributed by atoms with Gasteiger partial charge in [0.15, 0.2) is 0 Å². The quantitative estimate of drug-likeness (QED) is 0.834. The molecule has 0 saturated carbocycles. The molecule has 0 aliphatic carbocycles. The Kier molecular flexibility index (Phi) is 4.57. The van der Waals surface area contributed by atoms with Gasteiger partial charge in [0.05, 0.1) is 0 Å². The number of piperidine rings is 1. The van der Waals surface area contributed by atoms with Crippen molar-refractivity contribution >= 4 is 0 Å². The van der Waals surface area contributed by atoms with E-state index in [2.05, 4.69) is 48.7 Å². The highest BCUT2D eigenvalue weighted by atomic mass is 15.0. The average molecular weight is 232 g/mol. The maximum absolute atomic E-state index is 3.63. The van der Waals surface area contributed by atoms with E-state index in [-0.39, 0.29) is 0 Å². The van der Waals surface area contributed by atoms with Gasteiger partial charge >= 0.3 is 0 Å². The molecule has 1 unspecified atom stereocenters. The molecule has 0 aromatic heterocycles. The van der Waals surface area contributed by atoms with Crippen LogP contribution in [0.4, 0.5) is 0 Å². The molecule has 1 aliphatic rings. The zero-order chi connectivity index (χ0) is 12.1. The van der Waals surface area contributed by atoms with E-state index < -0.39 is 0 Å². The van der Waals surface area contributed by atoms with Crippen molar-refractivity contribution in [1.82, 2.24) is 10.6 Å². The lowest BCUT2D eigenvalue weighted by atomic mass is 10.0. The van der Waals surface area contributed by atoms with Crippen molar-refractivity contribution in [2.45, 2.75) is 45.2 Å². The van der Waals surface area contributed by atoms with Crippen LogP contribution in [-0.4, -0.2) is 19.1 Å². The van der Waals surface area contributed by atoms with Crippen LogP contribution in [0.3, 0.4) is 0 Å². The van der Waals surface area contributed by atoms with Crippen LogP contribution in [0.1, 0.15) is 43.4 Å². The van der Waals surface area contributed by atoms with Crippen LogP contribution in [0.2, 0.25) is 0 Å². The summed E-state index contributed by atoms with van der Waals surface area (Å²) < 4.78 is 0. The average Bonchev–Trinajstić information content (AvgIpc) is 2.38. The topological polar surface area (TPSA) is 24.1 Å². The number of aryl methyl sites for hydroxylation is 1. The first kappa shape index (κ1) is 12.6. The lowest BCUT2D eigenvalue weighted by molar-refractivity contribution is 0.371. The number of hydrogen-bond acceptors (Lipinski definition) is 2. The van der Waals surface area contributed by atoms with E-state index in [9.17, 15) is 0 Å². The van der Waals surface area contributed by atoms with Crippen molar-refractivity contribution in [1.29, 1.82) is 0 Å².